The third kappa shape index (κ3) is 2.57. The number of halogens is 4. The highest BCUT2D eigenvalue weighted by molar-refractivity contribution is 6.03. The molecule has 20 heavy (non-hydrogen) atoms. The lowest BCUT2D eigenvalue weighted by Crippen LogP contribution is -2.47. The standard InChI is InChI=1S/C14H15F4NO/c1-2-13(6-3-7-19-13)12(20)9-4-5-11(15)10(8-9)14(16,17)18/h4-5,8,19H,2-3,6-7H2,1H3. The number of Topliss-reactive ketones (excluding diaryl/α,β-unsaturated/α-hetero) is 1. The summed E-state index contributed by atoms with van der Waals surface area (Å²) < 4.78 is 51.3. The van der Waals surface area contributed by atoms with Gasteiger partial charge in [0.2, 0.25) is 0 Å². The molecule has 1 aromatic rings. The number of alkyl halides is 3. The molecular formula is C14H15F4NO. The van der Waals surface area contributed by atoms with Crippen molar-refractivity contribution in [2.24, 2.45) is 0 Å². The molecule has 0 spiro atoms. The highest BCUT2D eigenvalue weighted by Crippen LogP contribution is 2.34. The fourth-order valence-corrected chi connectivity index (χ4v) is 2.62. The van der Waals surface area contributed by atoms with Gasteiger partial charge in [-0.25, -0.2) is 4.39 Å². The molecule has 0 radical (unpaired) electrons. The molecule has 1 unspecified atom stereocenters. The maximum Gasteiger partial charge on any atom is 0.419 e. The summed E-state index contributed by atoms with van der Waals surface area (Å²) in [7, 11) is 0. The molecule has 0 amide bonds. The van der Waals surface area contributed by atoms with Gasteiger partial charge in [-0.3, -0.25) is 4.79 Å². The van der Waals surface area contributed by atoms with Gasteiger partial charge < -0.3 is 5.32 Å². The maximum atomic E-state index is 13.2. The molecular weight excluding hydrogens is 274 g/mol. The van der Waals surface area contributed by atoms with E-state index in [-0.39, 0.29) is 5.56 Å². The van der Waals surface area contributed by atoms with Crippen LogP contribution >= 0.6 is 0 Å². The van der Waals surface area contributed by atoms with E-state index in [2.05, 4.69) is 5.32 Å². The van der Waals surface area contributed by atoms with Crippen molar-refractivity contribution in [3.05, 3.63) is 35.1 Å². The number of hydrogen-bond donors (Lipinski definition) is 1. The van der Waals surface area contributed by atoms with Crippen molar-refractivity contribution in [2.75, 3.05) is 6.54 Å². The summed E-state index contributed by atoms with van der Waals surface area (Å²) in [6, 6.07) is 2.42. The first-order valence-corrected chi connectivity index (χ1v) is 6.47. The average Bonchev–Trinajstić information content (AvgIpc) is 2.87. The van der Waals surface area contributed by atoms with E-state index in [4.69, 9.17) is 0 Å². The van der Waals surface area contributed by atoms with Gasteiger partial charge in [0.15, 0.2) is 5.78 Å². The van der Waals surface area contributed by atoms with Crippen LogP contribution in [0.3, 0.4) is 0 Å². The van der Waals surface area contributed by atoms with E-state index >= 15 is 0 Å². The zero-order valence-electron chi connectivity index (χ0n) is 11.0. The van der Waals surface area contributed by atoms with Gasteiger partial charge in [0.1, 0.15) is 5.82 Å². The first kappa shape index (κ1) is 15.0. The summed E-state index contributed by atoms with van der Waals surface area (Å²) in [6.07, 6.45) is -2.93. The average molecular weight is 289 g/mol. The monoisotopic (exact) mass is 289 g/mol. The van der Waals surface area contributed by atoms with Crippen LogP contribution in [0, 0.1) is 5.82 Å². The summed E-state index contributed by atoms with van der Waals surface area (Å²) in [5.74, 6) is -1.76. The molecule has 1 saturated heterocycles. The minimum atomic E-state index is -4.80. The lowest BCUT2D eigenvalue weighted by atomic mass is 9.85. The Hall–Kier alpha value is -1.43. The molecule has 1 fully saturated rings. The van der Waals surface area contributed by atoms with E-state index in [0.29, 0.717) is 31.5 Å². The van der Waals surface area contributed by atoms with Gasteiger partial charge in [0, 0.05) is 5.56 Å². The number of nitrogens with one attached hydrogen (secondary N) is 1. The number of hydrogen-bond acceptors (Lipinski definition) is 2. The highest BCUT2D eigenvalue weighted by Gasteiger charge is 2.41. The van der Waals surface area contributed by atoms with E-state index in [1.807, 2.05) is 6.92 Å². The molecule has 1 aliphatic heterocycles. The van der Waals surface area contributed by atoms with Crippen molar-refractivity contribution in [1.29, 1.82) is 0 Å². The molecule has 2 nitrogen and oxygen atoms in total. The lowest BCUT2D eigenvalue weighted by molar-refractivity contribution is -0.140. The maximum absolute atomic E-state index is 13.2. The molecule has 1 aliphatic rings. The molecule has 1 atom stereocenters. The van der Waals surface area contributed by atoms with Gasteiger partial charge in [-0.05, 0) is 44.0 Å². The van der Waals surface area contributed by atoms with Gasteiger partial charge in [-0.2, -0.15) is 13.2 Å². The van der Waals surface area contributed by atoms with Crippen LogP contribution in [0.1, 0.15) is 42.1 Å². The largest absolute Gasteiger partial charge is 0.419 e. The number of benzene rings is 1. The molecule has 2 rings (SSSR count). The molecule has 110 valence electrons. The van der Waals surface area contributed by atoms with Crippen LogP contribution in [0.25, 0.3) is 0 Å². The number of carbonyl (C=O) groups is 1. The first-order chi connectivity index (χ1) is 9.30. The van der Waals surface area contributed by atoms with E-state index in [0.717, 1.165) is 12.5 Å². The lowest BCUT2D eigenvalue weighted by Gasteiger charge is -2.26. The van der Waals surface area contributed by atoms with E-state index in [9.17, 15) is 22.4 Å². The second-order valence-electron chi connectivity index (χ2n) is 4.99. The minimum Gasteiger partial charge on any atom is -0.305 e. The Morgan fingerprint density at radius 3 is 2.60 bits per heavy atom. The predicted molar refractivity (Wildman–Crippen MR) is 66.0 cm³/mol. The van der Waals surface area contributed by atoms with Crippen LogP contribution < -0.4 is 5.32 Å². The van der Waals surface area contributed by atoms with Crippen LogP contribution in [-0.4, -0.2) is 17.9 Å². The third-order valence-electron chi connectivity index (χ3n) is 3.82. The van der Waals surface area contributed by atoms with Crippen LogP contribution in [0.4, 0.5) is 17.6 Å². The van der Waals surface area contributed by atoms with E-state index < -0.39 is 28.9 Å². The Labute approximate surface area is 114 Å². The van der Waals surface area contributed by atoms with Crippen LogP contribution in [0.15, 0.2) is 18.2 Å². The molecule has 0 saturated carbocycles. The van der Waals surface area contributed by atoms with Gasteiger partial charge >= 0.3 is 6.18 Å². The predicted octanol–water partition coefficient (Wildman–Crippen LogP) is 3.56. The van der Waals surface area contributed by atoms with Gasteiger partial charge in [0.25, 0.3) is 0 Å². The smallest absolute Gasteiger partial charge is 0.305 e. The SMILES string of the molecule is CCC1(C(=O)c2ccc(F)c(C(F)(F)F)c2)CCCN1. The number of ketones is 1. The molecule has 0 bridgehead atoms. The Bertz CT molecular complexity index is 518. The topological polar surface area (TPSA) is 29.1 Å². The molecule has 1 N–H and O–H groups in total. The van der Waals surface area contributed by atoms with Crippen molar-refractivity contribution in [3.63, 3.8) is 0 Å². The summed E-state index contributed by atoms with van der Waals surface area (Å²) in [5.41, 5.74) is -2.32. The van der Waals surface area contributed by atoms with Gasteiger partial charge in [-0.15, -0.1) is 0 Å². The van der Waals surface area contributed by atoms with Crippen LogP contribution in [0.5, 0.6) is 0 Å². The molecule has 1 heterocycles. The normalized spacial score (nSPS) is 23.1. The van der Waals surface area contributed by atoms with Crippen molar-refractivity contribution in [3.8, 4) is 0 Å². The summed E-state index contributed by atoms with van der Waals surface area (Å²) >= 11 is 0. The summed E-state index contributed by atoms with van der Waals surface area (Å²) in [6.45, 7) is 2.47. The second kappa shape index (κ2) is 5.16. The van der Waals surface area contributed by atoms with Crippen molar-refractivity contribution < 1.29 is 22.4 Å². The Morgan fingerprint density at radius 1 is 1.40 bits per heavy atom. The van der Waals surface area contributed by atoms with E-state index in [1.165, 1.54) is 0 Å². The fourth-order valence-electron chi connectivity index (χ4n) is 2.62. The summed E-state index contributed by atoms with van der Waals surface area (Å²) in [4.78, 5) is 12.4. The number of carbonyl (C=O) groups excluding carboxylic acids is 1. The Morgan fingerprint density at radius 2 is 2.10 bits per heavy atom. The third-order valence-corrected chi connectivity index (χ3v) is 3.82. The van der Waals surface area contributed by atoms with Crippen molar-refractivity contribution >= 4 is 5.78 Å². The summed E-state index contributed by atoms with van der Waals surface area (Å²) in [5, 5.41) is 3.07. The molecule has 1 aromatic carbocycles. The minimum absolute atomic E-state index is 0.102. The zero-order chi connectivity index (χ0) is 15.0. The number of rotatable bonds is 3. The van der Waals surface area contributed by atoms with Gasteiger partial charge in [0.05, 0.1) is 11.1 Å². The molecule has 6 heteroatoms. The Kier molecular flexibility index (Phi) is 3.86. The molecule has 0 aliphatic carbocycles. The van der Waals surface area contributed by atoms with Crippen molar-refractivity contribution in [2.45, 2.75) is 37.9 Å². The Balaban J connectivity index is 2.41. The van der Waals surface area contributed by atoms with E-state index in [1.54, 1.807) is 0 Å². The van der Waals surface area contributed by atoms with Crippen LogP contribution in [0.2, 0.25) is 0 Å². The fraction of sp³-hybridized carbons (Fsp3) is 0.500. The first-order valence-electron chi connectivity index (χ1n) is 6.47. The van der Waals surface area contributed by atoms with Crippen molar-refractivity contribution in [1.82, 2.24) is 5.32 Å². The zero-order valence-corrected chi connectivity index (χ0v) is 11.0. The second-order valence-corrected chi connectivity index (χ2v) is 4.99. The highest BCUT2D eigenvalue weighted by atomic mass is 19.4. The quantitative estimate of drug-likeness (QED) is 0.681. The van der Waals surface area contributed by atoms with Gasteiger partial charge in [-0.1, -0.05) is 6.92 Å². The van der Waals surface area contributed by atoms with Crippen LogP contribution in [-0.2, 0) is 6.18 Å². The molecule has 0 aromatic heterocycles.